The highest BCUT2D eigenvalue weighted by Gasteiger charge is 2.51. The molecule has 2 aromatic rings. The Bertz CT molecular complexity index is 859. The molecule has 0 radical (unpaired) electrons. The van der Waals surface area contributed by atoms with Crippen LogP contribution in [0.3, 0.4) is 0 Å². The first kappa shape index (κ1) is 17.0. The number of fused-ring (bicyclic) bond motifs is 1. The van der Waals surface area contributed by atoms with Gasteiger partial charge in [0.05, 0.1) is 6.21 Å². The Kier molecular flexibility index (Phi) is 4.10. The van der Waals surface area contributed by atoms with Crippen molar-refractivity contribution >= 4 is 23.0 Å². The van der Waals surface area contributed by atoms with Crippen molar-refractivity contribution in [2.45, 2.75) is 58.3 Å². The van der Waals surface area contributed by atoms with E-state index in [2.05, 4.69) is 40.6 Å². The average Bonchev–Trinajstić information content (AvgIpc) is 3.03. The van der Waals surface area contributed by atoms with Gasteiger partial charge in [-0.1, -0.05) is 25.1 Å². The van der Waals surface area contributed by atoms with E-state index in [1.165, 1.54) is 49.6 Å². The number of carbonyl (C=O) groups is 1. The van der Waals surface area contributed by atoms with Crippen molar-refractivity contribution in [1.82, 2.24) is 10.4 Å². The minimum absolute atomic E-state index is 0.0855. The van der Waals surface area contributed by atoms with Crippen LogP contribution in [0.25, 0.3) is 10.9 Å². The molecule has 4 aliphatic rings. The fourth-order valence-electron chi connectivity index (χ4n) is 6.70. The first-order valence-electron chi connectivity index (χ1n) is 10.5. The van der Waals surface area contributed by atoms with Gasteiger partial charge in [0.15, 0.2) is 0 Å². The van der Waals surface area contributed by atoms with Crippen LogP contribution in [0.15, 0.2) is 29.5 Å². The Morgan fingerprint density at radius 1 is 1.22 bits per heavy atom. The van der Waals surface area contributed by atoms with Gasteiger partial charge >= 0.3 is 0 Å². The smallest absolute Gasteiger partial charge is 0.240 e. The van der Waals surface area contributed by atoms with E-state index in [4.69, 9.17) is 0 Å². The highest BCUT2D eigenvalue weighted by atomic mass is 16.2. The quantitative estimate of drug-likeness (QED) is 0.582. The maximum absolute atomic E-state index is 12.6. The van der Waals surface area contributed by atoms with Gasteiger partial charge in [0.2, 0.25) is 5.91 Å². The van der Waals surface area contributed by atoms with Gasteiger partial charge in [0, 0.05) is 29.1 Å². The molecule has 4 aliphatic carbocycles. The zero-order valence-electron chi connectivity index (χ0n) is 16.1. The second-order valence-corrected chi connectivity index (χ2v) is 9.32. The van der Waals surface area contributed by atoms with Crippen molar-refractivity contribution in [2.75, 3.05) is 0 Å². The van der Waals surface area contributed by atoms with E-state index >= 15 is 0 Å². The van der Waals surface area contributed by atoms with E-state index in [9.17, 15) is 4.79 Å². The third kappa shape index (κ3) is 3.09. The number of carbonyl (C=O) groups excluding carboxylic acids is 1. The van der Waals surface area contributed by atoms with Crippen LogP contribution in [0.1, 0.15) is 63.0 Å². The van der Waals surface area contributed by atoms with E-state index in [0.29, 0.717) is 6.42 Å². The lowest BCUT2D eigenvalue weighted by atomic mass is 9.49. The van der Waals surface area contributed by atoms with E-state index in [1.807, 2.05) is 6.20 Å². The number of nitrogens with zero attached hydrogens (tertiary/aromatic N) is 1. The van der Waals surface area contributed by atoms with Gasteiger partial charge < -0.3 is 4.98 Å². The van der Waals surface area contributed by atoms with Crippen molar-refractivity contribution in [3.63, 3.8) is 0 Å². The minimum atomic E-state index is 0.0855. The topological polar surface area (TPSA) is 57.2 Å². The largest absolute Gasteiger partial charge is 0.360 e. The Labute approximate surface area is 160 Å². The molecule has 6 rings (SSSR count). The van der Waals surface area contributed by atoms with Crippen LogP contribution in [0, 0.1) is 23.2 Å². The molecule has 1 amide bonds. The average molecular weight is 364 g/mol. The Balaban J connectivity index is 1.25. The lowest BCUT2D eigenvalue weighted by molar-refractivity contribution is -0.129. The molecule has 1 aromatic heterocycles. The Morgan fingerprint density at radius 3 is 2.59 bits per heavy atom. The van der Waals surface area contributed by atoms with Crippen molar-refractivity contribution in [1.29, 1.82) is 0 Å². The maximum atomic E-state index is 12.6. The molecule has 2 N–H and O–H groups in total. The summed E-state index contributed by atoms with van der Waals surface area (Å²) in [5.74, 6) is 2.73. The summed E-state index contributed by atoms with van der Waals surface area (Å²) in [5, 5.41) is 5.43. The molecule has 0 atom stereocenters. The molecule has 27 heavy (non-hydrogen) atoms. The number of hydrogen-bond acceptors (Lipinski definition) is 2. The predicted octanol–water partition coefficient (Wildman–Crippen LogP) is 4.79. The summed E-state index contributed by atoms with van der Waals surface area (Å²) in [7, 11) is 0. The summed E-state index contributed by atoms with van der Waals surface area (Å²) >= 11 is 0. The summed E-state index contributed by atoms with van der Waals surface area (Å²) < 4.78 is 0. The van der Waals surface area contributed by atoms with Crippen LogP contribution in [0.4, 0.5) is 0 Å². The number of nitrogens with one attached hydrogen (secondary N) is 2. The molecule has 4 bridgehead atoms. The Hall–Kier alpha value is -2.10. The van der Waals surface area contributed by atoms with Crippen LogP contribution in [-0.4, -0.2) is 17.1 Å². The Morgan fingerprint density at radius 2 is 1.93 bits per heavy atom. The molecule has 0 aliphatic heterocycles. The molecule has 4 heteroatoms. The number of benzene rings is 1. The van der Waals surface area contributed by atoms with Gasteiger partial charge in [-0.25, -0.2) is 5.43 Å². The standard InChI is InChI=1S/C23H29N3O/c1-2-18-4-3-5-20-19(13-24-22(18)20)14-25-26-21(27)12-23-9-15-6-16(10-23)8-17(7-15)11-23/h3-5,13-17,24H,2,6-12H2,1H3,(H,26,27)/b25-14+. The van der Waals surface area contributed by atoms with Crippen molar-refractivity contribution in [3.05, 3.63) is 35.5 Å². The van der Waals surface area contributed by atoms with Crippen LogP contribution in [-0.2, 0) is 11.2 Å². The highest BCUT2D eigenvalue weighted by Crippen LogP contribution is 2.61. The second kappa shape index (κ2) is 6.50. The highest BCUT2D eigenvalue weighted by molar-refractivity contribution is 6.00. The summed E-state index contributed by atoms with van der Waals surface area (Å²) in [6.45, 7) is 2.16. The maximum Gasteiger partial charge on any atom is 0.240 e. The van der Waals surface area contributed by atoms with Crippen LogP contribution >= 0.6 is 0 Å². The zero-order valence-corrected chi connectivity index (χ0v) is 16.1. The van der Waals surface area contributed by atoms with E-state index in [-0.39, 0.29) is 11.3 Å². The molecule has 0 unspecified atom stereocenters. The number of H-pyrrole nitrogens is 1. The number of hydrogen-bond donors (Lipinski definition) is 2. The summed E-state index contributed by atoms with van der Waals surface area (Å²) in [5.41, 5.74) is 6.57. The number of aromatic amines is 1. The monoisotopic (exact) mass is 363 g/mol. The SMILES string of the molecule is CCc1cccc2c(/C=N/NC(=O)CC34CC5CC(CC(C5)C3)C4)c[nH]c12. The molecular formula is C23H29N3O. The fraction of sp³-hybridized carbons (Fsp3) is 0.565. The van der Waals surface area contributed by atoms with Crippen LogP contribution < -0.4 is 5.43 Å². The molecule has 0 spiro atoms. The third-order valence-corrected chi connectivity index (χ3v) is 7.31. The lowest BCUT2D eigenvalue weighted by Crippen LogP contribution is -2.47. The van der Waals surface area contributed by atoms with Gasteiger partial charge in [0.25, 0.3) is 0 Å². The molecule has 1 aromatic carbocycles. The first-order valence-corrected chi connectivity index (χ1v) is 10.5. The lowest BCUT2D eigenvalue weighted by Gasteiger charge is -2.56. The number of hydrazone groups is 1. The third-order valence-electron chi connectivity index (χ3n) is 7.31. The predicted molar refractivity (Wildman–Crippen MR) is 109 cm³/mol. The van der Waals surface area contributed by atoms with Crippen molar-refractivity contribution in [2.24, 2.45) is 28.3 Å². The van der Waals surface area contributed by atoms with Gasteiger partial charge in [-0.2, -0.15) is 5.10 Å². The van der Waals surface area contributed by atoms with E-state index < -0.39 is 0 Å². The number of aryl methyl sites for hydroxylation is 1. The second-order valence-electron chi connectivity index (χ2n) is 9.32. The van der Waals surface area contributed by atoms with Gasteiger partial charge in [-0.05, 0) is 73.7 Å². The molecule has 4 saturated carbocycles. The normalized spacial score (nSPS) is 31.8. The number of amides is 1. The zero-order chi connectivity index (χ0) is 18.4. The molecule has 142 valence electrons. The van der Waals surface area contributed by atoms with Crippen LogP contribution in [0.2, 0.25) is 0 Å². The van der Waals surface area contributed by atoms with Gasteiger partial charge in [0.1, 0.15) is 0 Å². The molecule has 1 heterocycles. The number of para-hydroxylation sites is 1. The minimum Gasteiger partial charge on any atom is -0.360 e. The summed E-state index contributed by atoms with van der Waals surface area (Å²) in [4.78, 5) is 15.9. The van der Waals surface area contributed by atoms with E-state index in [0.717, 1.165) is 35.1 Å². The van der Waals surface area contributed by atoms with Crippen molar-refractivity contribution < 1.29 is 4.79 Å². The fourth-order valence-corrected chi connectivity index (χ4v) is 6.70. The van der Waals surface area contributed by atoms with Gasteiger partial charge in [-0.3, -0.25) is 4.79 Å². The van der Waals surface area contributed by atoms with E-state index in [1.54, 1.807) is 6.21 Å². The molecule has 0 saturated heterocycles. The van der Waals surface area contributed by atoms with Crippen molar-refractivity contribution in [3.8, 4) is 0 Å². The van der Waals surface area contributed by atoms with Gasteiger partial charge in [-0.15, -0.1) is 0 Å². The molecule has 4 nitrogen and oxygen atoms in total. The molecule has 4 fully saturated rings. The summed E-state index contributed by atoms with van der Waals surface area (Å²) in [6, 6.07) is 6.33. The first-order chi connectivity index (χ1) is 13.1. The van der Waals surface area contributed by atoms with Crippen LogP contribution in [0.5, 0.6) is 0 Å². The number of aromatic nitrogens is 1. The number of rotatable bonds is 5. The summed E-state index contributed by atoms with van der Waals surface area (Å²) in [6.07, 6.45) is 13.4. The molecular weight excluding hydrogens is 334 g/mol.